The smallest absolute Gasteiger partial charge is 0.254 e. The fraction of sp³-hybridized carbons (Fsp3) is 0.312. The van der Waals surface area contributed by atoms with Crippen LogP contribution in [0.25, 0.3) is 0 Å². The highest BCUT2D eigenvalue weighted by molar-refractivity contribution is 9.10. The van der Waals surface area contributed by atoms with Crippen LogP contribution >= 0.6 is 15.9 Å². The van der Waals surface area contributed by atoms with Gasteiger partial charge >= 0.3 is 0 Å². The van der Waals surface area contributed by atoms with Crippen molar-refractivity contribution in [2.45, 2.75) is 25.8 Å². The van der Waals surface area contributed by atoms with Crippen LogP contribution in [0.3, 0.4) is 0 Å². The molecule has 2 aromatic rings. The molecule has 1 aliphatic heterocycles. The number of H-pyrrole nitrogens is 1. The van der Waals surface area contributed by atoms with Gasteiger partial charge in [-0.15, -0.1) is 0 Å². The second kappa shape index (κ2) is 5.44. The minimum atomic E-state index is 0.117. The van der Waals surface area contributed by atoms with Crippen LogP contribution in [0.5, 0.6) is 0 Å². The normalized spacial score (nSPS) is 18.5. The molecule has 0 bridgehead atoms. The predicted octanol–water partition coefficient (Wildman–Crippen LogP) is 4.06. The average molecular weight is 333 g/mol. The summed E-state index contributed by atoms with van der Waals surface area (Å²) in [7, 11) is 0. The number of carbonyl (C=O) groups is 1. The number of rotatable bonds is 2. The molecule has 1 unspecified atom stereocenters. The second-order valence-electron chi connectivity index (χ2n) is 5.30. The maximum Gasteiger partial charge on any atom is 0.254 e. The average Bonchev–Trinajstić information content (AvgIpc) is 3.07. The number of likely N-dealkylation sites (tertiary alicyclic amines) is 1. The number of amides is 1. The Morgan fingerprint density at radius 1 is 1.40 bits per heavy atom. The topological polar surface area (TPSA) is 36.1 Å². The van der Waals surface area contributed by atoms with E-state index < -0.39 is 0 Å². The van der Waals surface area contributed by atoms with Crippen molar-refractivity contribution in [1.29, 1.82) is 0 Å². The molecule has 0 aliphatic carbocycles. The van der Waals surface area contributed by atoms with E-state index in [0.29, 0.717) is 0 Å². The fourth-order valence-corrected chi connectivity index (χ4v) is 3.52. The molecule has 1 atom stereocenters. The van der Waals surface area contributed by atoms with Gasteiger partial charge in [0.05, 0.1) is 6.04 Å². The maximum atomic E-state index is 12.7. The third-order valence-corrected chi connectivity index (χ3v) is 4.24. The summed E-state index contributed by atoms with van der Waals surface area (Å²) in [4.78, 5) is 18.0. The van der Waals surface area contributed by atoms with Gasteiger partial charge in [-0.25, -0.2) is 0 Å². The van der Waals surface area contributed by atoms with E-state index in [0.717, 1.165) is 40.7 Å². The van der Waals surface area contributed by atoms with Crippen LogP contribution in [0.4, 0.5) is 0 Å². The standard InChI is InChI=1S/C16H17BrN2O/c1-11-8-12(10-13(17)9-11)16(20)19-7-3-5-15(19)14-4-2-6-18-14/h2,4,6,8-10,15,18H,3,5,7H2,1H3. The summed E-state index contributed by atoms with van der Waals surface area (Å²) in [5.74, 6) is 0.117. The number of aromatic nitrogens is 1. The van der Waals surface area contributed by atoms with Gasteiger partial charge < -0.3 is 9.88 Å². The largest absolute Gasteiger partial charge is 0.363 e. The molecule has 1 aromatic heterocycles. The van der Waals surface area contributed by atoms with Crippen LogP contribution in [0.15, 0.2) is 41.0 Å². The second-order valence-corrected chi connectivity index (χ2v) is 6.21. The van der Waals surface area contributed by atoms with Crippen LogP contribution in [-0.4, -0.2) is 22.3 Å². The van der Waals surface area contributed by atoms with E-state index in [1.54, 1.807) is 0 Å². The maximum absolute atomic E-state index is 12.7. The summed E-state index contributed by atoms with van der Waals surface area (Å²) >= 11 is 3.47. The molecular formula is C16H17BrN2O. The zero-order valence-electron chi connectivity index (χ0n) is 11.4. The van der Waals surface area contributed by atoms with E-state index in [4.69, 9.17) is 0 Å². The lowest BCUT2D eigenvalue weighted by atomic mass is 10.1. The Bertz CT molecular complexity index is 601. The minimum Gasteiger partial charge on any atom is -0.363 e. The van der Waals surface area contributed by atoms with E-state index in [2.05, 4.69) is 27.0 Å². The Labute approximate surface area is 127 Å². The Balaban J connectivity index is 1.89. The van der Waals surface area contributed by atoms with Gasteiger partial charge in [0.2, 0.25) is 0 Å². The number of carbonyl (C=O) groups excluding carboxylic acids is 1. The van der Waals surface area contributed by atoms with Gasteiger partial charge in [-0.2, -0.15) is 0 Å². The van der Waals surface area contributed by atoms with Crippen LogP contribution in [0, 0.1) is 6.92 Å². The number of aryl methyl sites for hydroxylation is 1. The summed E-state index contributed by atoms with van der Waals surface area (Å²) in [6, 6.07) is 10.1. The zero-order chi connectivity index (χ0) is 14.1. The first-order valence-corrected chi connectivity index (χ1v) is 7.66. The summed E-state index contributed by atoms with van der Waals surface area (Å²) in [6.45, 7) is 2.84. The number of hydrogen-bond donors (Lipinski definition) is 1. The quantitative estimate of drug-likeness (QED) is 0.884. The Morgan fingerprint density at radius 2 is 2.25 bits per heavy atom. The highest BCUT2D eigenvalue weighted by atomic mass is 79.9. The summed E-state index contributed by atoms with van der Waals surface area (Å²) in [5.41, 5.74) is 2.98. The van der Waals surface area contributed by atoms with E-state index in [1.807, 2.05) is 42.3 Å². The first-order valence-electron chi connectivity index (χ1n) is 6.86. The summed E-state index contributed by atoms with van der Waals surface area (Å²) in [6.07, 6.45) is 4.00. The van der Waals surface area contributed by atoms with Gasteiger partial charge in [-0.1, -0.05) is 15.9 Å². The molecule has 4 heteroatoms. The van der Waals surface area contributed by atoms with Crippen molar-refractivity contribution in [3.05, 3.63) is 57.8 Å². The number of hydrogen-bond acceptors (Lipinski definition) is 1. The molecule has 1 aliphatic rings. The van der Waals surface area contributed by atoms with E-state index in [1.165, 1.54) is 0 Å². The molecular weight excluding hydrogens is 316 g/mol. The van der Waals surface area contributed by atoms with Crippen molar-refractivity contribution in [2.75, 3.05) is 6.54 Å². The number of benzene rings is 1. The molecule has 3 rings (SSSR count). The lowest BCUT2D eigenvalue weighted by Crippen LogP contribution is -2.30. The molecule has 1 N–H and O–H groups in total. The van der Waals surface area contributed by atoms with Gasteiger partial charge in [0.15, 0.2) is 0 Å². The first-order chi connectivity index (χ1) is 9.65. The van der Waals surface area contributed by atoms with Gasteiger partial charge in [-0.3, -0.25) is 4.79 Å². The summed E-state index contributed by atoms with van der Waals surface area (Å²) in [5, 5.41) is 0. The SMILES string of the molecule is Cc1cc(Br)cc(C(=O)N2CCCC2c2ccc[nH]2)c1. The Hall–Kier alpha value is -1.55. The molecule has 1 fully saturated rings. The van der Waals surface area contributed by atoms with Crippen molar-refractivity contribution >= 4 is 21.8 Å². The summed E-state index contributed by atoms with van der Waals surface area (Å²) < 4.78 is 0.955. The highest BCUT2D eigenvalue weighted by Gasteiger charge is 2.31. The zero-order valence-corrected chi connectivity index (χ0v) is 13.0. The van der Waals surface area contributed by atoms with Gasteiger partial charge in [0.1, 0.15) is 0 Å². The lowest BCUT2D eigenvalue weighted by molar-refractivity contribution is 0.0733. The number of aromatic amines is 1. The van der Waals surface area contributed by atoms with Crippen LogP contribution in [0.2, 0.25) is 0 Å². The van der Waals surface area contributed by atoms with Crippen molar-refractivity contribution in [3.8, 4) is 0 Å². The Kier molecular flexibility index (Phi) is 3.66. The number of nitrogens with zero attached hydrogens (tertiary/aromatic N) is 1. The van der Waals surface area contributed by atoms with E-state index in [-0.39, 0.29) is 11.9 Å². The predicted molar refractivity (Wildman–Crippen MR) is 82.7 cm³/mol. The molecule has 104 valence electrons. The van der Waals surface area contributed by atoms with Crippen molar-refractivity contribution in [1.82, 2.24) is 9.88 Å². The molecule has 1 saturated heterocycles. The monoisotopic (exact) mass is 332 g/mol. The Morgan fingerprint density at radius 3 is 2.95 bits per heavy atom. The van der Waals surface area contributed by atoms with Gasteiger partial charge in [0, 0.05) is 28.5 Å². The molecule has 1 amide bonds. The molecule has 2 heterocycles. The molecule has 1 aromatic carbocycles. The highest BCUT2D eigenvalue weighted by Crippen LogP contribution is 2.32. The van der Waals surface area contributed by atoms with Crippen molar-refractivity contribution in [3.63, 3.8) is 0 Å². The van der Waals surface area contributed by atoms with Gasteiger partial charge in [0.25, 0.3) is 5.91 Å². The van der Waals surface area contributed by atoms with Crippen LogP contribution in [0.1, 0.15) is 40.5 Å². The first kappa shape index (κ1) is 13.4. The number of halogens is 1. The molecule has 20 heavy (non-hydrogen) atoms. The third-order valence-electron chi connectivity index (χ3n) is 3.78. The molecule has 0 spiro atoms. The van der Waals surface area contributed by atoms with Gasteiger partial charge in [-0.05, 0) is 55.7 Å². The third kappa shape index (κ3) is 2.52. The minimum absolute atomic E-state index is 0.117. The van der Waals surface area contributed by atoms with Crippen LogP contribution < -0.4 is 0 Å². The van der Waals surface area contributed by atoms with Crippen LogP contribution in [-0.2, 0) is 0 Å². The van der Waals surface area contributed by atoms with Crippen molar-refractivity contribution in [2.24, 2.45) is 0 Å². The number of nitrogens with one attached hydrogen (secondary N) is 1. The molecule has 0 saturated carbocycles. The van der Waals surface area contributed by atoms with E-state index >= 15 is 0 Å². The van der Waals surface area contributed by atoms with Crippen molar-refractivity contribution < 1.29 is 4.79 Å². The fourth-order valence-electron chi connectivity index (χ4n) is 2.91. The molecule has 0 radical (unpaired) electrons. The lowest BCUT2D eigenvalue weighted by Gasteiger charge is -2.24. The van der Waals surface area contributed by atoms with E-state index in [9.17, 15) is 4.79 Å². The molecule has 3 nitrogen and oxygen atoms in total.